The predicted octanol–water partition coefficient (Wildman–Crippen LogP) is 2.94. The van der Waals surface area contributed by atoms with Gasteiger partial charge in [0, 0.05) is 30.6 Å². The molecule has 3 N–H and O–H groups in total. The number of hydrogen-bond acceptors (Lipinski definition) is 3. The van der Waals surface area contributed by atoms with Gasteiger partial charge in [0.15, 0.2) is 5.82 Å². The van der Waals surface area contributed by atoms with Crippen molar-refractivity contribution in [2.45, 2.75) is 6.54 Å². The van der Waals surface area contributed by atoms with Gasteiger partial charge in [-0.3, -0.25) is 14.8 Å². The summed E-state index contributed by atoms with van der Waals surface area (Å²) in [7, 11) is 1.56. The number of carbonyl (C=O) groups is 2. The molecular weight excluding hydrogens is 330 g/mol. The van der Waals surface area contributed by atoms with Crippen molar-refractivity contribution in [1.29, 1.82) is 0 Å². The van der Waals surface area contributed by atoms with Crippen molar-refractivity contribution >= 4 is 23.4 Å². The van der Waals surface area contributed by atoms with Crippen LogP contribution in [0.25, 0.3) is 0 Å². The SMILES string of the molecule is CNC(=O)c1cccc(NC(=O)Nc2ccn(Cc3ccccc3)n2)c1. The third kappa shape index (κ3) is 4.47. The zero-order chi connectivity index (χ0) is 18.4. The Hall–Kier alpha value is -3.61. The number of urea groups is 1. The van der Waals surface area contributed by atoms with E-state index in [0.29, 0.717) is 23.6 Å². The Morgan fingerprint density at radius 3 is 2.58 bits per heavy atom. The Morgan fingerprint density at radius 1 is 1.00 bits per heavy atom. The second kappa shape index (κ2) is 7.98. The van der Waals surface area contributed by atoms with Crippen molar-refractivity contribution in [2.75, 3.05) is 17.7 Å². The summed E-state index contributed by atoms with van der Waals surface area (Å²) in [6.45, 7) is 0.623. The maximum atomic E-state index is 12.1. The van der Waals surface area contributed by atoms with Crippen molar-refractivity contribution in [2.24, 2.45) is 0 Å². The van der Waals surface area contributed by atoms with E-state index in [4.69, 9.17) is 0 Å². The lowest BCUT2D eigenvalue weighted by Gasteiger charge is -2.07. The van der Waals surface area contributed by atoms with Gasteiger partial charge in [0.2, 0.25) is 0 Å². The van der Waals surface area contributed by atoms with Crippen molar-refractivity contribution in [3.05, 3.63) is 78.0 Å². The Kier molecular flexibility index (Phi) is 5.28. The van der Waals surface area contributed by atoms with E-state index < -0.39 is 6.03 Å². The van der Waals surface area contributed by atoms with Crippen LogP contribution in [-0.2, 0) is 6.54 Å². The predicted molar refractivity (Wildman–Crippen MR) is 100 cm³/mol. The molecule has 0 aliphatic heterocycles. The fraction of sp³-hybridized carbons (Fsp3) is 0.105. The largest absolute Gasteiger partial charge is 0.355 e. The van der Waals surface area contributed by atoms with E-state index in [9.17, 15) is 9.59 Å². The van der Waals surface area contributed by atoms with Crippen molar-refractivity contribution in [3.63, 3.8) is 0 Å². The Morgan fingerprint density at radius 2 is 1.81 bits per heavy atom. The minimum absolute atomic E-state index is 0.214. The molecule has 3 amide bonds. The standard InChI is InChI=1S/C19H19N5O2/c1-20-18(25)15-8-5-9-16(12-15)21-19(26)22-17-10-11-24(23-17)13-14-6-3-2-4-7-14/h2-12H,13H2,1H3,(H,20,25)(H2,21,22,23,26). The molecule has 0 saturated carbocycles. The number of anilines is 2. The number of aromatic nitrogens is 2. The number of hydrogen-bond donors (Lipinski definition) is 3. The molecule has 0 bridgehead atoms. The van der Waals surface area contributed by atoms with Gasteiger partial charge in [0.25, 0.3) is 5.91 Å². The second-order valence-corrected chi connectivity index (χ2v) is 5.62. The fourth-order valence-electron chi connectivity index (χ4n) is 2.45. The van der Waals surface area contributed by atoms with Gasteiger partial charge in [0.1, 0.15) is 0 Å². The van der Waals surface area contributed by atoms with Gasteiger partial charge in [-0.1, -0.05) is 36.4 Å². The van der Waals surface area contributed by atoms with Crippen molar-refractivity contribution in [1.82, 2.24) is 15.1 Å². The molecule has 0 atom stereocenters. The van der Waals surface area contributed by atoms with E-state index in [0.717, 1.165) is 5.56 Å². The number of amides is 3. The second-order valence-electron chi connectivity index (χ2n) is 5.62. The molecule has 0 aliphatic rings. The molecule has 0 spiro atoms. The van der Waals surface area contributed by atoms with Gasteiger partial charge in [-0.05, 0) is 23.8 Å². The topological polar surface area (TPSA) is 88.0 Å². The van der Waals surface area contributed by atoms with Gasteiger partial charge in [-0.15, -0.1) is 0 Å². The van der Waals surface area contributed by atoms with E-state index >= 15 is 0 Å². The highest BCUT2D eigenvalue weighted by Crippen LogP contribution is 2.12. The number of benzene rings is 2. The van der Waals surface area contributed by atoms with Crippen molar-refractivity contribution in [3.8, 4) is 0 Å². The molecule has 0 fully saturated rings. The minimum atomic E-state index is -0.427. The maximum Gasteiger partial charge on any atom is 0.324 e. The molecule has 7 heteroatoms. The molecule has 7 nitrogen and oxygen atoms in total. The highest BCUT2D eigenvalue weighted by atomic mass is 16.2. The molecule has 3 aromatic rings. The summed E-state index contributed by atoms with van der Waals surface area (Å²) in [6, 6.07) is 17.9. The zero-order valence-electron chi connectivity index (χ0n) is 14.3. The van der Waals surface area contributed by atoms with Crippen LogP contribution in [0.2, 0.25) is 0 Å². The fourth-order valence-corrected chi connectivity index (χ4v) is 2.45. The third-order valence-electron chi connectivity index (χ3n) is 3.68. The van der Waals surface area contributed by atoms with E-state index in [1.165, 1.54) is 0 Å². The quantitative estimate of drug-likeness (QED) is 0.662. The summed E-state index contributed by atoms with van der Waals surface area (Å²) >= 11 is 0. The van der Waals surface area contributed by atoms with E-state index in [1.807, 2.05) is 30.3 Å². The van der Waals surface area contributed by atoms with Crippen LogP contribution in [0.5, 0.6) is 0 Å². The first kappa shape index (κ1) is 17.2. The average molecular weight is 349 g/mol. The molecule has 1 heterocycles. The zero-order valence-corrected chi connectivity index (χ0v) is 14.3. The molecule has 0 radical (unpaired) electrons. The Labute approximate surface area is 151 Å². The van der Waals surface area contributed by atoms with Gasteiger partial charge < -0.3 is 10.6 Å². The highest BCUT2D eigenvalue weighted by Gasteiger charge is 2.08. The molecule has 0 saturated heterocycles. The molecular formula is C19H19N5O2. The molecule has 3 rings (SSSR count). The number of nitrogens with zero attached hydrogens (tertiary/aromatic N) is 2. The number of nitrogens with one attached hydrogen (secondary N) is 3. The monoisotopic (exact) mass is 349 g/mol. The summed E-state index contributed by atoms with van der Waals surface area (Å²) in [5.41, 5.74) is 2.11. The molecule has 132 valence electrons. The first-order valence-electron chi connectivity index (χ1n) is 8.11. The molecule has 1 aromatic heterocycles. The van der Waals surface area contributed by atoms with E-state index in [2.05, 4.69) is 21.0 Å². The van der Waals surface area contributed by atoms with Gasteiger partial charge in [-0.2, -0.15) is 5.10 Å². The lowest BCUT2D eigenvalue weighted by molar-refractivity contribution is 0.0963. The summed E-state index contributed by atoms with van der Waals surface area (Å²) in [5, 5.41) is 12.2. The smallest absolute Gasteiger partial charge is 0.324 e. The first-order chi connectivity index (χ1) is 12.6. The van der Waals surface area contributed by atoms with Crippen LogP contribution in [0, 0.1) is 0 Å². The highest BCUT2D eigenvalue weighted by molar-refractivity contribution is 6.00. The molecule has 2 aromatic carbocycles. The lowest BCUT2D eigenvalue weighted by atomic mass is 10.2. The van der Waals surface area contributed by atoms with E-state index in [-0.39, 0.29) is 5.91 Å². The molecule has 0 aliphatic carbocycles. The van der Waals surface area contributed by atoms with Crippen LogP contribution in [0.3, 0.4) is 0 Å². The van der Waals surface area contributed by atoms with Crippen LogP contribution in [0.15, 0.2) is 66.9 Å². The van der Waals surface area contributed by atoms with Crippen LogP contribution in [-0.4, -0.2) is 28.8 Å². The average Bonchev–Trinajstić information content (AvgIpc) is 3.08. The molecule has 26 heavy (non-hydrogen) atoms. The van der Waals surface area contributed by atoms with Crippen molar-refractivity contribution < 1.29 is 9.59 Å². The summed E-state index contributed by atoms with van der Waals surface area (Å²) in [5.74, 6) is 0.231. The summed E-state index contributed by atoms with van der Waals surface area (Å²) < 4.78 is 1.75. The van der Waals surface area contributed by atoms with E-state index in [1.54, 1.807) is 48.3 Å². The maximum absolute atomic E-state index is 12.1. The van der Waals surface area contributed by atoms with Crippen LogP contribution < -0.4 is 16.0 Å². The normalized spacial score (nSPS) is 10.2. The molecule has 0 unspecified atom stereocenters. The first-order valence-corrected chi connectivity index (χ1v) is 8.11. The van der Waals surface area contributed by atoms with Gasteiger partial charge in [-0.25, -0.2) is 4.79 Å². The van der Waals surface area contributed by atoms with Gasteiger partial charge >= 0.3 is 6.03 Å². The lowest BCUT2D eigenvalue weighted by Crippen LogP contribution is -2.21. The number of carbonyl (C=O) groups excluding carboxylic acids is 2. The van der Waals surface area contributed by atoms with Crippen LogP contribution in [0.4, 0.5) is 16.3 Å². The van der Waals surface area contributed by atoms with Crippen LogP contribution in [0.1, 0.15) is 15.9 Å². The van der Waals surface area contributed by atoms with Crippen LogP contribution >= 0.6 is 0 Å². The Balaban J connectivity index is 1.59. The minimum Gasteiger partial charge on any atom is -0.355 e. The summed E-state index contributed by atoms with van der Waals surface area (Å²) in [6.07, 6.45) is 1.80. The van der Waals surface area contributed by atoms with Gasteiger partial charge in [0.05, 0.1) is 6.54 Å². The number of rotatable bonds is 5. The third-order valence-corrected chi connectivity index (χ3v) is 3.68. The Bertz CT molecular complexity index is 905. The summed E-state index contributed by atoms with van der Waals surface area (Å²) in [4.78, 5) is 23.8.